The molecule has 0 saturated heterocycles. The van der Waals surface area contributed by atoms with Gasteiger partial charge in [-0.2, -0.15) is 0 Å². The van der Waals surface area contributed by atoms with Crippen molar-refractivity contribution in [3.63, 3.8) is 0 Å². The average Bonchev–Trinajstić information content (AvgIpc) is 1.84. The molecule has 2 nitrogen and oxygen atoms in total. The van der Waals surface area contributed by atoms with Gasteiger partial charge in [0, 0.05) is 5.41 Å². The van der Waals surface area contributed by atoms with E-state index in [1.54, 1.807) is 13.8 Å². The first-order valence-corrected chi connectivity index (χ1v) is 4.03. The first-order chi connectivity index (χ1) is 5.33. The van der Waals surface area contributed by atoms with E-state index in [2.05, 4.69) is 5.92 Å². The van der Waals surface area contributed by atoms with Gasteiger partial charge >= 0.3 is 5.97 Å². The van der Waals surface area contributed by atoms with Crippen molar-refractivity contribution >= 4 is 5.97 Å². The molecule has 0 aliphatic rings. The van der Waals surface area contributed by atoms with Gasteiger partial charge in [0.15, 0.2) is 0 Å². The third-order valence-electron chi connectivity index (χ3n) is 2.08. The predicted molar refractivity (Wildman–Crippen MR) is 48.6 cm³/mol. The molecule has 0 fully saturated rings. The summed E-state index contributed by atoms with van der Waals surface area (Å²) in [6, 6.07) is 0. The maximum absolute atomic E-state index is 10.9. The van der Waals surface area contributed by atoms with Crippen molar-refractivity contribution in [2.75, 3.05) is 0 Å². The fourth-order valence-electron chi connectivity index (χ4n) is 1.52. The first kappa shape index (κ1) is 11.0. The highest BCUT2D eigenvalue weighted by atomic mass is 16.4. The molecule has 1 unspecified atom stereocenters. The van der Waals surface area contributed by atoms with Gasteiger partial charge < -0.3 is 5.11 Å². The lowest BCUT2D eigenvalue weighted by Crippen LogP contribution is -2.33. The highest BCUT2D eigenvalue weighted by molar-refractivity contribution is 5.72. The van der Waals surface area contributed by atoms with Gasteiger partial charge in [0.2, 0.25) is 0 Å². The summed E-state index contributed by atoms with van der Waals surface area (Å²) in [5.41, 5.74) is -0.569. The summed E-state index contributed by atoms with van der Waals surface area (Å²) in [5, 5.41) is 8.91. The molecule has 0 aromatic rings. The highest BCUT2D eigenvalue weighted by Crippen LogP contribution is 2.31. The Morgan fingerprint density at radius 2 is 1.92 bits per heavy atom. The fourth-order valence-corrected chi connectivity index (χ4v) is 1.52. The Bertz CT molecular complexity index is 208. The third-order valence-corrected chi connectivity index (χ3v) is 2.08. The van der Waals surface area contributed by atoms with Crippen molar-refractivity contribution in [2.45, 2.75) is 27.7 Å². The third kappa shape index (κ3) is 2.27. The maximum Gasteiger partial charge on any atom is 0.308 e. The van der Waals surface area contributed by atoms with Gasteiger partial charge in [0.25, 0.3) is 0 Å². The molecule has 0 aliphatic carbocycles. The molecule has 0 aromatic carbocycles. The molecule has 0 spiro atoms. The zero-order valence-electron chi connectivity index (χ0n) is 8.09. The normalized spacial score (nSPS) is 14.0. The maximum atomic E-state index is 10.9. The van der Waals surface area contributed by atoms with Gasteiger partial charge in [-0.15, -0.1) is 6.42 Å². The molecule has 0 radical (unpaired) electrons. The molecule has 0 aromatic heterocycles. The molecule has 0 aliphatic heterocycles. The molecule has 68 valence electrons. The lowest BCUT2D eigenvalue weighted by Gasteiger charge is -2.28. The van der Waals surface area contributed by atoms with E-state index in [9.17, 15) is 4.79 Å². The second-order valence-electron chi connectivity index (χ2n) is 3.93. The molecule has 0 heterocycles. The highest BCUT2D eigenvalue weighted by Gasteiger charge is 2.35. The van der Waals surface area contributed by atoms with Gasteiger partial charge in [-0.1, -0.05) is 19.8 Å². The van der Waals surface area contributed by atoms with Crippen LogP contribution in [0.2, 0.25) is 0 Å². The van der Waals surface area contributed by atoms with Crippen LogP contribution in [-0.2, 0) is 4.79 Å². The van der Waals surface area contributed by atoms with E-state index < -0.39 is 17.3 Å². The molecular weight excluding hydrogens is 152 g/mol. The van der Waals surface area contributed by atoms with Gasteiger partial charge in [-0.3, -0.25) is 4.79 Å². The predicted octanol–water partition coefficient (Wildman–Crippen LogP) is 2.00. The minimum absolute atomic E-state index is 0.0635. The van der Waals surface area contributed by atoms with Gasteiger partial charge in [0.05, 0.1) is 5.92 Å². The summed E-state index contributed by atoms with van der Waals surface area (Å²) in [7, 11) is 0. The Morgan fingerprint density at radius 3 is 2.00 bits per heavy atom. The Hall–Kier alpha value is -0.970. The molecule has 0 bridgehead atoms. The van der Waals surface area contributed by atoms with E-state index in [0.29, 0.717) is 0 Å². The quantitative estimate of drug-likeness (QED) is 0.654. The van der Waals surface area contributed by atoms with Crippen molar-refractivity contribution in [3.05, 3.63) is 0 Å². The van der Waals surface area contributed by atoms with Gasteiger partial charge in [-0.05, 0) is 19.8 Å². The van der Waals surface area contributed by atoms with Crippen LogP contribution in [-0.4, -0.2) is 11.1 Å². The van der Waals surface area contributed by atoms with Crippen molar-refractivity contribution in [3.8, 4) is 12.3 Å². The summed E-state index contributed by atoms with van der Waals surface area (Å²) in [6.45, 7) is 7.31. The summed E-state index contributed by atoms with van der Waals surface area (Å²) in [6.07, 6.45) is 5.27. The minimum Gasteiger partial charge on any atom is -0.481 e. The largest absolute Gasteiger partial charge is 0.481 e. The number of terminal acetylenes is 1. The van der Waals surface area contributed by atoms with Crippen LogP contribution in [0.3, 0.4) is 0 Å². The Kier molecular flexibility index (Phi) is 3.33. The zero-order valence-corrected chi connectivity index (χ0v) is 8.09. The summed E-state index contributed by atoms with van der Waals surface area (Å²) in [4.78, 5) is 10.9. The lowest BCUT2D eigenvalue weighted by atomic mass is 9.73. The number of carboxylic acids is 1. The summed E-state index contributed by atoms with van der Waals surface area (Å²) in [5.74, 6) is 1.30. The molecule has 0 saturated carbocycles. The van der Waals surface area contributed by atoms with E-state index in [4.69, 9.17) is 11.5 Å². The molecule has 0 amide bonds. The number of hydrogen-bond acceptors (Lipinski definition) is 1. The average molecular weight is 168 g/mol. The molecule has 0 rings (SSSR count). The number of carboxylic acid groups (broad SMARTS) is 1. The minimum atomic E-state index is -0.812. The molecule has 12 heavy (non-hydrogen) atoms. The van der Waals surface area contributed by atoms with Crippen LogP contribution in [0.4, 0.5) is 0 Å². The zero-order chi connectivity index (χ0) is 9.94. The molecule has 1 N–H and O–H groups in total. The van der Waals surface area contributed by atoms with Crippen molar-refractivity contribution in [1.82, 2.24) is 0 Å². The van der Waals surface area contributed by atoms with Crippen LogP contribution in [0.5, 0.6) is 0 Å². The molecule has 2 heteroatoms. The van der Waals surface area contributed by atoms with Crippen LogP contribution in [0.15, 0.2) is 0 Å². The molecule has 1 atom stereocenters. The van der Waals surface area contributed by atoms with Crippen LogP contribution in [0, 0.1) is 29.6 Å². The number of carbonyl (C=O) groups is 1. The lowest BCUT2D eigenvalue weighted by molar-refractivity contribution is -0.146. The van der Waals surface area contributed by atoms with E-state index in [1.807, 2.05) is 13.8 Å². The Balaban J connectivity index is 4.78. The monoisotopic (exact) mass is 168 g/mol. The topological polar surface area (TPSA) is 37.3 Å². The van der Waals surface area contributed by atoms with E-state index in [1.165, 1.54) is 0 Å². The summed E-state index contributed by atoms with van der Waals surface area (Å²) < 4.78 is 0. The fraction of sp³-hybridized carbons (Fsp3) is 0.700. The van der Waals surface area contributed by atoms with Gasteiger partial charge in [-0.25, -0.2) is 0 Å². The van der Waals surface area contributed by atoms with E-state index in [-0.39, 0.29) is 5.92 Å². The van der Waals surface area contributed by atoms with Crippen LogP contribution >= 0.6 is 0 Å². The van der Waals surface area contributed by atoms with Crippen LogP contribution < -0.4 is 0 Å². The first-order valence-electron chi connectivity index (χ1n) is 4.03. The van der Waals surface area contributed by atoms with Crippen LogP contribution in [0.25, 0.3) is 0 Å². The number of rotatable bonds is 3. The van der Waals surface area contributed by atoms with Crippen molar-refractivity contribution in [1.29, 1.82) is 0 Å². The second kappa shape index (κ2) is 3.62. The summed E-state index contributed by atoms with van der Waals surface area (Å²) >= 11 is 0. The standard InChI is InChI=1S/C10H16O2/c1-6-10(4,5)8(7(2)3)9(11)12/h1,7-8H,2-5H3,(H,11,12). The number of hydrogen-bond donors (Lipinski definition) is 1. The van der Waals surface area contributed by atoms with E-state index in [0.717, 1.165) is 0 Å². The van der Waals surface area contributed by atoms with Crippen molar-refractivity contribution < 1.29 is 9.90 Å². The SMILES string of the molecule is C#CC(C)(C)C(C(=O)O)C(C)C. The van der Waals surface area contributed by atoms with Crippen molar-refractivity contribution in [2.24, 2.45) is 17.3 Å². The molecular formula is C10H16O2. The van der Waals surface area contributed by atoms with Crippen LogP contribution in [0.1, 0.15) is 27.7 Å². The van der Waals surface area contributed by atoms with Gasteiger partial charge in [0.1, 0.15) is 0 Å². The Labute approximate surface area is 74.0 Å². The Morgan fingerprint density at radius 1 is 1.50 bits per heavy atom. The smallest absolute Gasteiger partial charge is 0.308 e. The van der Waals surface area contributed by atoms with E-state index >= 15 is 0 Å². The second-order valence-corrected chi connectivity index (χ2v) is 3.93. The number of aliphatic carboxylic acids is 1.